The van der Waals surface area contributed by atoms with Gasteiger partial charge in [-0.3, -0.25) is 4.90 Å². The van der Waals surface area contributed by atoms with E-state index in [1.807, 2.05) is 0 Å². The summed E-state index contributed by atoms with van der Waals surface area (Å²) < 4.78 is 1.26. The monoisotopic (exact) mass is 276 g/mol. The van der Waals surface area contributed by atoms with Crippen molar-refractivity contribution in [3.05, 3.63) is 28.8 Å². The summed E-state index contributed by atoms with van der Waals surface area (Å²) in [6.07, 6.45) is 0.584. The van der Waals surface area contributed by atoms with Gasteiger partial charge in [0.2, 0.25) is 0 Å². The van der Waals surface area contributed by atoms with E-state index in [0.717, 1.165) is 23.5 Å². The molecule has 2 aromatic rings. The van der Waals surface area contributed by atoms with E-state index >= 15 is 0 Å². The molecule has 1 aliphatic rings. The first-order valence-corrected chi connectivity index (χ1v) is 7.65. The zero-order chi connectivity index (χ0) is 13.6. The number of nitrogens with zero attached hydrogens (tertiary/aromatic N) is 2. The molecule has 102 valence electrons. The Morgan fingerprint density at radius 1 is 1.42 bits per heavy atom. The number of rotatable bonds is 2. The van der Waals surface area contributed by atoms with Crippen molar-refractivity contribution < 1.29 is 5.11 Å². The molecule has 1 aromatic heterocycles. The minimum Gasteiger partial charge on any atom is -0.392 e. The van der Waals surface area contributed by atoms with Crippen LogP contribution in [-0.4, -0.2) is 34.7 Å². The second-order valence-electron chi connectivity index (χ2n) is 5.78. The van der Waals surface area contributed by atoms with Gasteiger partial charge in [-0.05, 0) is 37.1 Å². The molecule has 0 saturated carbocycles. The van der Waals surface area contributed by atoms with Crippen molar-refractivity contribution >= 4 is 21.6 Å². The van der Waals surface area contributed by atoms with Crippen LogP contribution in [0.3, 0.4) is 0 Å². The highest BCUT2D eigenvalue weighted by molar-refractivity contribution is 7.18. The minimum atomic E-state index is -0.215. The van der Waals surface area contributed by atoms with Crippen molar-refractivity contribution in [1.82, 2.24) is 9.88 Å². The van der Waals surface area contributed by atoms with E-state index in [2.05, 4.69) is 44.0 Å². The number of aromatic nitrogens is 1. The molecule has 0 bridgehead atoms. The number of hydrogen-bond acceptors (Lipinski definition) is 4. The Kier molecular flexibility index (Phi) is 3.33. The third-order valence-corrected chi connectivity index (χ3v) is 5.03. The molecule has 1 N–H and O–H groups in total. The summed E-state index contributed by atoms with van der Waals surface area (Å²) in [6.45, 7) is 5.17. The van der Waals surface area contributed by atoms with Crippen LogP contribution >= 0.6 is 11.3 Å². The average molecular weight is 276 g/mol. The number of β-amino-alcohol motifs (C(OH)–C–C–N with tert-alkyl or cyclic N) is 1. The van der Waals surface area contributed by atoms with E-state index in [9.17, 15) is 5.11 Å². The van der Waals surface area contributed by atoms with Gasteiger partial charge in [0.15, 0.2) is 0 Å². The second-order valence-corrected chi connectivity index (χ2v) is 6.84. The van der Waals surface area contributed by atoms with Gasteiger partial charge in [0, 0.05) is 6.54 Å². The Morgan fingerprint density at radius 3 is 2.84 bits per heavy atom. The van der Waals surface area contributed by atoms with E-state index in [-0.39, 0.29) is 12.1 Å². The van der Waals surface area contributed by atoms with Gasteiger partial charge in [0.25, 0.3) is 0 Å². The van der Waals surface area contributed by atoms with Crippen molar-refractivity contribution in [2.75, 3.05) is 13.6 Å². The molecule has 0 spiro atoms. The molecule has 2 atom stereocenters. The molecule has 0 amide bonds. The number of likely N-dealkylation sites (tertiary alicyclic amines) is 1. The molecule has 0 aliphatic carbocycles. The summed E-state index contributed by atoms with van der Waals surface area (Å²) in [4.78, 5) is 6.95. The molecule has 0 radical (unpaired) electrons. The molecule has 3 nitrogen and oxygen atoms in total. The molecule has 19 heavy (non-hydrogen) atoms. The lowest BCUT2D eigenvalue weighted by Crippen LogP contribution is -2.19. The third kappa shape index (κ3) is 2.40. The zero-order valence-electron chi connectivity index (χ0n) is 11.6. The fourth-order valence-corrected chi connectivity index (χ4v) is 3.92. The second kappa shape index (κ2) is 4.85. The van der Waals surface area contributed by atoms with Crippen LogP contribution in [-0.2, 0) is 0 Å². The summed E-state index contributed by atoms with van der Waals surface area (Å²) >= 11 is 1.77. The lowest BCUT2D eigenvalue weighted by atomic mass is 10.0. The maximum absolute atomic E-state index is 9.76. The van der Waals surface area contributed by atoms with Gasteiger partial charge in [0.05, 0.1) is 22.4 Å². The van der Waals surface area contributed by atoms with Gasteiger partial charge < -0.3 is 5.11 Å². The van der Waals surface area contributed by atoms with E-state index in [0.29, 0.717) is 5.92 Å². The highest BCUT2D eigenvalue weighted by Gasteiger charge is 2.31. The van der Waals surface area contributed by atoms with Gasteiger partial charge in [-0.2, -0.15) is 0 Å². The lowest BCUT2D eigenvalue weighted by molar-refractivity contribution is 0.182. The van der Waals surface area contributed by atoms with E-state index in [4.69, 9.17) is 4.98 Å². The smallest absolute Gasteiger partial charge is 0.111 e. The highest BCUT2D eigenvalue weighted by atomic mass is 32.1. The van der Waals surface area contributed by atoms with Gasteiger partial charge in [-0.15, -0.1) is 11.3 Å². The van der Waals surface area contributed by atoms with Crippen LogP contribution in [0.1, 0.15) is 42.8 Å². The van der Waals surface area contributed by atoms with Gasteiger partial charge >= 0.3 is 0 Å². The van der Waals surface area contributed by atoms with Crippen molar-refractivity contribution in [3.63, 3.8) is 0 Å². The fraction of sp³-hybridized carbons (Fsp3) is 0.533. The van der Waals surface area contributed by atoms with E-state index in [1.54, 1.807) is 11.3 Å². The van der Waals surface area contributed by atoms with Gasteiger partial charge in [-0.1, -0.05) is 19.9 Å². The predicted molar refractivity (Wildman–Crippen MR) is 79.7 cm³/mol. The van der Waals surface area contributed by atoms with Crippen molar-refractivity contribution in [2.45, 2.75) is 38.3 Å². The van der Waals surface area contributed by atoms with Crippen molar-refractivity contribution in [1.29, 1.82) is 0 Å². The van der Waals surface area contributed by atoms with Crippen LogP contribution in [0.25, 0.3) is 10.2 Å². The van der Waals surface area contributed by atoms with Crippen LogP contribution < -0.4 is 0 Å². The minimum absolute atomic E-state index is 0.215. The summed E-state index contributed by atoms with van der Waals surface area (Å²) in [7, 11) is 2.06. The quantitative estimate of drug-likeness (QED) is 0.915. The Hall–Kier alpha value is -0.970. The number of aliphatic hydroxyl groups excluding tert-OH is 1. The van der Waals surface area contributed by atoms with E-state index in [1.165, 1.54) is 10.3 Å². The maximum Gasteiger partial charge on any atom is 0.111 e. The first-order chi connectivity index (χ1) is 9.04. The predicted octanol–water partition coefficient (Wildman–Crippen LogP) is 3.16. The topological polar surface area (TPSA) is 36.4 Å². The summed E-state index contributed by atoms with van der Waals surface area (Å²) in [6, 6.07) is 6.82. The first kappa shape index (κ1) is 13.0. The molecule has 1 saturated heterocycles. The van der Waals surface area contributed by atoms with Crippen LogP contribution in [0.2, 0.25) is 0 Å². The van der Waals surface area contributed by atoms with E-state index < -0.39 is 0 Å². The number of likely N-dealkylation sites (N-methyl/N-ethyl adjacent to an activating group) is 1. The molecule has 3 rings (SSSR count). The van der Waals surface area contributed by atoms with Crippen molar-refractivity contribution in [3.8, 4) is 0 Å². The lowest BCUT2D eigenvalue weighted by Gasteiger charge is -2.15. The SMILES string of the molecule is CC(C)c1ccc2nc(C3CC(O)CN3C)sc2c1. The molecular formula is C15H20N2OS. The number of fused-ring (bicyclic) bond motifs is 1. The zero-order valence-corrected chi connectivity index (χ0v) is 12.4. The number of benzene rings is 1. The Bertz CT molecular complexity index is 593. The number of thiazole rings is 1. The van der Waals surface area contributed by atoms with Gasteiger partial charge in [-0.25, -0.2) is 4.98 Å². The average Bonchev–Trinajstić information content (AvgIpc) is 2.90. The summed E-state index contributed by atoms with van der Waals surface area (Å²) in [5, 5.41) is 10.9. The normalized spacial score (nSPS) is 24.7. The van der Waals surface area contributed by atoms with Crippen molar-refractivity contribution in [2.24, 2.45) is 0 Å². The summed E-state index contributed by atoms with van der Waals surface area (Å²) in [5.41, 5.74) is 2.45. The Balaban J connectivity index is 1.97. The summed E-state index contributed by atoms with van der Waals surface area (Å²) in [5.74, 6) is 0.547. The molecule has 1 aromatic carbocycles. The van der Waals surface area contributed by atoms with Crippen LogP contribution in [0.5, 0.6) is 0 Å². The number of hydrogen-bond donors (Lipinski definition) is 1. The molecule has 1 fully saturated rings. The number of aliphatic hydroxyl groups is 1. The fourth-order valence-electron chi connectivity index (χ4n) is 2.72. The Labute approximate surface area is 117 Å². The standard InChI is InChI=1S/C15H20N2OS/c1-9(2)10-4-5-12-14(6-10)19-15(16-12)13-7-11(18)8-17(13)3/h4-6,9,11,13,18H,7-8H2,1-3H3. The van der Waals surface area contributed by atoms with Crippen LogP contribution in [0.4, 0.5) is 0 Å². The first-order valence-electron chi connectivity index (χ1n) is 6.83. The van der Waals surface area contributed by atoms with Crippen LogP contribution in [0.15, 0.2) is 18.2 Å². The molecule has 1 aliphatic heterocycles. The largest absolute Gasteiger partial charge is 0.392 e. The Morgan fingerprint density at radius 2 is 2.21 bits per heavy atom. The highest BCUT2D eigenvalue weighted by Crippen LogP contribution is 2.36. The van der Waals surface area contributed by atoms with Crippen LogP contribution in [0, 0.1) is 0 Å². The molecule has 2 heterocycles. The molecule has 4 heteroatoms. The molecular weight excluding hydrogens is 256 g/mol. The molecule has 2 unspecified atom stereocenters. The third-order valence-electron chi connectivity index (χ3n) is 3.91. The maximum atomic E-state index is 9.76. The van der Waals surface area contributed by atoms with Gasteiger partial charge in [0.1, 0.15) is 5.01 Å².